The van der Waals surface area contributed by atoms with Gasteiger partial charge in [0.1, 0.15) is 0 Å². The first-order chi connectivity index (χ1) is 11.9. The first kappa shape index (κ1) is 16.3. The lowest BCUT2D eigenvalue weighted by Gasteiger charge is -2.12. The van der Waals surface area contributed by atoms with Crippen LogP contribution in [0, 0.1) is 0 Å². The Morgan fingerprint density at radius 3 is 2.56 bits per heavy atom. The third-order valence-corrected chi connectivity index (χ3v) is 3.71. The van der Waals surface area contributed by atoms with Gasteiger partial charge in [0.15, 0.2) is 11.5 Å². The number of hydrogen-bond acceptors (Lipinski definition) is 5. The highest BCUT2D eigenvalue weighted by atomic mass is 16.4. The molecular formula is C18H14N2O5. The average molecular weight is 338 g/mol. The Morgan fingerprint density at radius 1 is 1.12 bits per heavy atom. The van der Waals surface area contributed by atoms with Crippen LogP contribution in [-0.2, 0) is 4.79 Å². The van der Waals surface area contributed by atoms with Crippen molar-refractivity contribution in [3.8, 4) is 11.5 Å². The normalized spacial score (nSPS) is 15.6. The molecule has 0 unspecified atom stereocenters. The van der Waals surface area contributed by atoms with Crippen molar-refractivity contribution >= 4 is 29.4 Å². The number of hydrogen-bond donors (Lipinski definition) is 3. The Balaban J connectivity index is 1.96. The first-order valence-corrected chi connectivity index (χ1v) is 7.34. The van der Waals surface area contributed by atoms with E-state index in [1.165, 1.54) is 30.3 Å². The van der Waals surface area contributed by atoms with Crippen molar-refractivity contribution < 1.29 is 24.9 Å². The molecule has 0 fully saturated rings. The Morgan fingerprint density at radius 2 is 1.88 bits per heavy atom. The minimum absolute atomic E-state index is 0.0547. The fourth-order valence-electron chi connectivity index (χ4n) is 2.43. The summed E-state index contributed by atoms with van der Waals surface area (Å²) in [7, 11) is 0. The van der Waals surface area contributed by atoms with E-state index < -0.39 is 11.9 Å². The number of carbonyl (C=O) groups is 2. The molecule has 2 aromatic rings. The molecule has 0 aromatic heterocycles. The molecule has 0 aliphatic carbocycles. The third kappa shape index (κ3) is 3.07. The molecule has 25 heavy (non-hydrogen) atoms. The van der Waals surface area contributed by atoms with Gasteiger partial charge in [0.05, 0.1) is 22.5 Å². The van der Waals surface area contributed by atoms with Crippen molar-refractivity contribution in [1.29, 1.82) is 0 Å². The van der Waals surface area contributed by atoms with Crippen molar-refractivity contribution in [3.63, 3.8) is 0 Å². The van der Waals surface area contributed by atoms with E-state index in [2.05, 4.69) is 5.10 Å². The molecule has 7 heteroatoms. The lowest BCUT2D eigenvalue weighted by atomic mass is 10.1. The molecule has 1 aliphatic rings. The number of carboxylic acid groups (broad SMARTS) is 1. The highest BCUT2D eigenvalue weighted by molar-refractivity contribution is 6.32. The number of carboxylic acids is 1. The fraction of sp³-hybridized carbons (Fsp3) is 0.0556. The van der Waals surface area contributed by atoms with E-state index in [1.54, 1.807) is 25.1 Å². The van der Waals surface area contributed by atoms with Crippen molar-refractivity contribution in [2.24, 2.45) is 5.10 Å². The number of aromatic carboxylic acids is 1. The number of amides is 1. The Kier molecular flexibility index (Phi) is 3.98. The number of carbonyl (C=O) groups excluding carboxylic acids is 1. The summed E-state index contributed by atoms with van der Waals surface area (Å²) in [6.45, 7) is 1.66. The van der Waals surface area contributed by atoms with Gasteiger partial charge >= 0.3 is 5.97 Å². The smallest absolute Gasteiger partial charge is 0.335 e. The largest absolute Gasteiger partial charge is 0.504 e. The highest BCUT2D eigenvalue weighted by Gasteiger charge is 2.29. The molecule has 3 N–H and O–H groups in total. The van der Waals surface area contributed by atoms with E-state index in [9.17, 15) is 19.8 Å². The molecule has 0 bridgehead atoms. The minimum Gasteiger partial charge on any atom is -0.504 e. The number of anilines is 1. The predicted octanol–water partition coefficient (Wildman–Crippen LogP) is 2.60. The van der Waals surface area contributed by atoms with Gasteiger partial charge in [-0.25, -0.2) is 4.79 Å². The third-order valence-electron chi connectivity index (χ3n) is 3.71. The number of rotatable bonds is 3. The van der Waals surface area contributed by atoms with Gasteiger partial charge in [-0.15, -0.1) is 0 Å². The van der Waals surface area contributed by atoms with Crippen LogP contribution in [0.25, 0.3) is 6.08 Å². The zero-order chi connectivity index (χ0) is 18.1. The Hall–Kier alpha value is -3.61. The van der Waals surface area contributed by atoms with E-state index in [4.69, 9.17) is 5.11 Å². The second-order valence-corrected chi connectivity index (χ2v) is 5.46. The van der Waals surface area contributed by atoms with Crippen molar-refractivity contribution in [1.82, 2.24) is 0 Å². The number of benzene rings is 2. The van der Waals surface area contributed by atoms with Gasteiger partial charge in [0.2, 0.25) is 0 Å². The lowest BCUT2D eigenvalue weighted by molar-refractivity contribution is -0.114. The summed E-state index contributed by atoms with van der Waals surface area (Å²) in [6, 6.07) is 10.1. The van der Waals surface area contributed by atoms with E-state index in [0.29, 0.717) is 22.5 Å². The number of phenols is 2. The predicted molar refractivity (Wildman–Crippen MR) is 91.7 cm³/mol. The van der Waals surface area contributed by atoms with Crippen molar-refractivity contribution in [3.05, 3.63) is 59.2 Å². The average Bonchev–Trinajstić information content (AvgIpc) is 2.86. The van der Waals surface area contributed by atoms with Crippen LogP contribution in [0.1, 0.15) is 22.8 Å². The van der Waals surface area contributed by atoms with Gasteiger partial charge in [-0.1, -0.05) is 12.1 Å². The summed E-state index contributed by atoms with van der Waals surface area (Å²) in [5, 5.41) is 33.3. The van der Waals surface area contributed by atoms with Crippen LogP contribution >= 0.6 is 0 Å². The summed E-state index contributed by atoms with van der Waals surface area (Å²) >= 11 is 0. The van der Waals surface area contributed by atoms with Gasteiger partial charge in [-0.2, -0.15) is 10.1 Å². The zero-order valence-electron chi connectivity index (χ0n) is 13.2. The van der Waals surface area contributed by atoms with Gasteiger partial charge < -0.3 is 15.3 Å². The Bertz CT molecular complexity index is 946. The molecule has 7 nitrogen and oxygen atoms in total. The maximum Gasteiger partial charge on any atom is 0.335 e. The molecular weight excluding hydrogens is 324 g/mol. The van der Waals surface area contributed by atoms with Crippen LogP contribution < -0.4 is 5.01 Å². The molecule has 0 spiro atoms. The van der Waals surface area contributed by atoms with Crippen LogP contribution in [-0.4, -0.2) is 32.9 Å². The summed E-state index contributed by atoms with van der Waals surface area (Å²) in [5.41, 5.74) is 1.69. The number of nitrogens with zero attached hydrogens (tertiary/aromatic N) is 2. The summed E-state index contributed by atoms with van der Waals surface area (Å²) in [4.78, 5) is 23.7. The molecule has 0 saturated heterocycles. The monoisotopic (exact) mass is 338 g/mol. The molecule has 2 aromatic carbocycles. The molecule has 1 amide bonds. The van der Waals surface area contributed by atoms with Gasteiger partial charge in [-0.3, -0.25) is 4.79 Å². The zero-order valence-corrected chi connectivity index (χ0v) is 13.2. The van der Waals surface area contributed by atoms with Gasteiger partial charge in [0, 0.05) is 0 Å². The summed E-state index contributed by atoms with van der Waals surface area (Å²) in [6.07, 6.45) is 1.54. The minimum atomic E-state index is -1.09. The van der Waals surface area contributed by atoms with E-state index in [-0.39, 0.29) is 17.1 Å². The maximum absolute atomic E-state index is 12.6. The fourth-order valence-corrected chi connectivity index (χ4v) is 2.43. The molecule has 0 saturated carbocycles. The van der Waals surface area contributed by atoms with Crippen LogP contribution in [0.2, 0.25) is 0 Å². The summed E-state index contributed by atoms with van der Waals surface area (Å²) < 4.78 is 0. The SMILES string of the molecule is CC1=NN(c2cccc(C(=O)O)c2)C(=O)/C1=C\c1ccc(O)c(O)c1. The topological polar surface area (TPSA) is 110 Å². The first-order valence-electron chi connectivity index (χ1n) is 7.34. The van der Waals surface area contributed by atoms with Crippen LogP contribution in [0.15, 0.2) is 53.1 Å². The maximum atomic E-state index is 12.6. The van der Waals surface area contributed by atoms with Gasteiger partial charge in [0.25, 0.3) is 5.91 Å². The molecule has 0 radical (unpaired) electrons. The Labute approximate surface area is 142 Å². The van der Waals surface area contributed by atoms with E-state index in [1.807, 2.05) is 0 Å². The van der Waals surface area contributed by atoms with Crippen molar-refractivity contribution in [2.45, 2.75) is 6.92 Å². The van der Waals surface area contributed by atoms with E-state index >= 15 is 0 Å². The summed E-state index contributed by atoms with van der Waals surface area (Å²) in [5.74, 6) is -2.05. The lowest BCUT2D eigenvalue weighted by Crippen LogP contribution is -2.21. The standard InChI is InChI=1S/C18H14N2O5/c1-10-14(7-11-5-6-15(21)16(22)8-11)17(23)20(19-10)13-4-2-3-12(9-13)18(24)25/h2-9,21-22H,1H3,(H,24,25)/b14-7-. The van der Waals surface area contributed by atoms with Gasteiger partial charge in [-0.05, 0) is 48.9 Å². The van der Waals surface area contributed by atoms with Crippen LogP contribution in [0.4, 0.5) is 5.69 Å². The highest BCUT2D eigenvalue weighted by Crippen LogP contribution is 2.29. The second-order valence-electron chi connectivity index (χ2n) is 5.46. The van der Waals surface area contributed by atoms with E-state index in [0.717, 1.165) is 5.01 Å². The molecule has 126 valence electrons. The number of hydrazone groups is 1. The van der Waals surface area contributed by atoms with Crippen molar-refractivity contribution in [2.75, 3.05) is 5.01 Å². The molecule has 3 rings (SSSR count). The second kappa shape index (κ2) is 6.12. The molecule has 0 atom stereocenters. The number of phenolic OH excluding ortho intramolecular Hbond substituents is 2. The molecule has 1 heterocycles. The quantitative estimate of drug-likeness (QED) is 0.588. The van der Waals surface area contributed by atoms with Crippen LogP contribution in [0.3, 0.4) is 0 Å². The van der Waals surface area contributed by atoms with Crippen LogP contribution in [0.5, 0.6) is 11.5 Å². The molecule has 1 aliphatic heterocycles. The number of aromatic hydroxyl groups is 2.